The van der Waals surface area contributed by atoms with Crippen molar-refractivity contribution >= 4 is 17.8 Å². The van der Waals surface area contributed by atoms with Gasteiger partial charge in [0.1, 0.15) is 25.2 Å². The van der Waals surface area contributed by atoms with Crippen LogP contribution in [0.15, 0.2) is 46.6 Å². The zero-order chi connectivity index (χ0) is 28.9. The van der Waals surface area contributed by atoms with Crippen molar-refractivity contribution in [3.8, 4) is 0 Å². The Hall–Kier alpha value is -3.28. The molecule has 2 rings (SSSR count). The van der Waals surface area contributed by atoms with Gasteiger partial charge in [-0.1, -0.05) is 50.6 Å². The van der Waals surface area contributed by atoms with Crippen molar-refractivity contribution in [2.24, 2.45) is 11.8 Å². The predicted octanol–water partition coefficient (Wildman–Crippen LogP) is 2.47. The first-order valence-electron chi connectivity index (χ1n) is 13.1. The van der Waals surface area contributed by atoms with Crippen LogP contribution in [0.3, 0.4) is 0 Å². The van der Waals surface area contributed by atoms with Gasteiger partial charge in [0.2, 0.25) is 5.91 Å². The molecule has 3 N–H and O–H groups in total. The van der Waals surface area contributed by atoms with E-state index in [9.17, 15) is 19.5 Å². The maximum Gasteiger partial charge on any atom is 0.328 e. The van der Waals surface area contributed by atoms with Crippen LogP contribution in [0.5, 0.6) is 0 Å². The summed E-state index contributed by atoms with van der Waals surface area (Å²) in [6, 6.07) is -0.949. The Bertz CT molecular complexity index is 1050. The third-order valence-electron chi connectivity index (χ3n) is 6.02. The van der Waals surface area contributed by atoms with Gasteiger partial charge in [-0.25, -0.2) is 9.78 Å². The number of aliphatic hydroxyl groups excluding tert-OH is 1. The van der Waals surface area contributed by atoms with Gasteiger partial charge >= 0.3 is 5.97 Å². The zero-order valence-corrected chi connectivity index (χ0v) is 23.5. The number of aromatic nitrogens is 1. The number of hydrogen-bond donors (Lipinski definition) is 3. The number of carbonyl (C=O) groups is 3. The van der Waals surface area contributed by atoms with E-state index in [4.69, 9.17) is 18.6 Å². The molecule has 1 aromatic rings. The van der Waals surface area contributed by atoms with E-state index in [0.717, 1.165) is 5.57 Å². The minimum absolute atomic E-state index is 0.00215. The number of fused-ring (bicyclic) bond motifs is 2. The van der Waals surface area contributed by atoms with Crippen molar-refractivity contribution in [2.75, 3.05) is 20.4 Å². The largest absolute Gasteiger partial charge is 0.460 e. The number of hydrogen-bond acceptors (Lipinski definition) is 9. The molecule has 0 radical (unpaired) electrons. The number of esters is 1. The first kappa shape index (κ1) is 31.9. The molecule has 0 fully saturated rings. The van der Waals surface area contributed by atoms with Crippen molar-refractivity contribution in [1.29, 1.82) is 0 Å². The molecule has 5 atom stereocenters. The zero-order valence-electron chi connectivity index (χ0n) is 23.5. The monoisotopic (exact) mass is 547 g/mol. The lowest BCUT2D eigenvalue weighted by Gasteiger charge is -2.27. The number of ether oxygens (including phenoxy) is 3. The van der Waals surface area contributed by atoms with Crippen LogP contribution in [-0.4, -0.2) is 72.7 Å². The number of aliphatic hydroxyl groups is 1. The molecule has 0 saturated carbocycles. The molecule has 0 aliphatic carbocycles. The van der Waals surface area contributed by atoms with Crippen molar-refractivity contribution < 1.29 is 38.1 Å². The number of amides is 2. The topological polar surface area (TPSA) is 149 Å². The molecule has 0 spiro atoms. The maximum absolute atomic E-state index is 12.8. The summed E-state index contributed by atoms with van der Waals surface area (Å²) in [5.74, 6) is -1.54. The van der Waals surface area contributed by atoms with Crippen LogP contribution in [0.25, 0.3) is 0 Å². The van der Waals surface area contributed by atoms with Crippen LogP contribution in [0.2, 0.25) is 0 Å². The highest BCUT2D eigenvalue weighted by molar-refractivity contribution is 5.94. The van der Waals surface area contributed by atoms with Crippen LogP contribution < -0.4 is 10.6 Å². The second kappa shape index (κ2) is 16.0. The standard InChI is InChI=1S/C28H41N3O8/c1-17(2)26-19(4)9-10-24(33)29-11-7-8-18(3)12-21(32)13-22(38-16-36-6)14-25-31-23(15-37-25)27(34)30-20(5)28(35)39-26/h7-10,12,15,17,19-22,26,32H,11,13-14,16H2,1-6H3,(H,29,33)(H,30,34)/b8-7+,10-9-,18-12+/t19-,20-,21-,22-,26-/m1/s1. The van der Waals surface area contributed by atoms with E-state index in [1.807, 2.05) is 27.7 Å². The van der Waals surface area contributed by atoms with Crippen molar-refractivity contribution in [3.63, 3.8) is 0 Å². The average molecular weight is 548 g/mol. The minimum atomic E-state index is -0.949. The second-order valence-corrected chi connectivity index (χ2v) is 9.95. The second-order valence-electron chi connectivity index (χ2n) is 9.95. The highest BCUT2D eigenvalue weighted by Gasteiger charge is 2.28. The third-order valence-corrected chi connectivity index (χ3v) is 6.02. The summed E-state index contributed by atoms with van der Waals surface area (Å²) < 4.78 is 21.8. The lowest BCUT2D eigenvalue weighted by atomic mass is 9.94. The Morgan fingerprint density at radius 3 is 2.64 bits per heavy atom. The summed E-state index contributed by atoms with van der Waals surface area (Å²) in [5, 5.41) is 15.9. The molecule has 11 nitrogen and oxygen atoms in total. The number of rotatable bonds is 4. The quantitative estimate of drug-likeness (QED) is 0.382. The fraction of sp³-hybridized carbons (Fsp3) is 0.571. The van der Waals surface area contributed by atoms with E-state index in [0.29, 0.717) is 6.54 Å². The van der Waals surface area contributed by atoms with Crippen molar-refractivity contribution in [2.45, 2.75) is 71.8 Å². The molecule has 1 aromatic heterocycles. The van der Waals surface area contributed by atoms with Crippen LogP contribution >= 0.6 is 0 Å². The summed E-state index contributed by atoms with van der Waals surface area (Å²) in [4.78, 5) is 42.0. The van der Waals surface area contributed by atoms with E-state index in [1.165, 1.54) is 26.4 Å². The normalized spacial score (nSPS) is 29.5. The lowest BCUT2D eigenvalue weighted by molar-refractivity contribution is -0.155. The van der Waals surface area contributed by atoms with E-state index < -0.39 is 36.2 Å². The van der Waals surface area contributed by atoms with E-state index in [1.54, 1.807) is 24.3 Å². The molecule has 2 heterocycles. The summed E-state index contributed by atoms with van der Waals surface area (Å²) in [5.41, 5.74) is 0.799. The number of carbonyl (C=O) groups excluding carboxylic acids is 3. The van der Waals surface area contributed by atoms with Crippen LogP contribution in [0.4, 0.5) is 0 Å². The Balaban J connectivity index is 2.29. The molecular weight excluding hydrogens is 506 g/mol. The Morgan fingerprint density at radius 2 is 1.95 bits per heavy atom. The lowest BCUT2D eigenvalue weighted by Crippen LogP contribution is -2.42. The number of oxazole rings is 1. The van der Waals surface area contributed by atoms with Gasteiger partial charge in [-0.3, -0.25) is 9.59 Å². The molecule has 0 aromatic carbocycles. The number of allylic oxidation sites excluding steroid dienone is 2. The number of cyclic esters (lactones) is 1. The first-order chi connectivity index (χ1) is 18.5. The maximum atomic E-state index is 12.8. The van der Waals surface area contributed by atoms with Crippen molar-refractivity contribution in [1.82, 2.24) is 15.6 Å². The smallest absolute Gasteiger partial charge is 0.328 e. The Labute approximate surface area is 229 Å². The molecule has 1 aliphatic heterocycles. The van der Waals surface area contributed by atoms with E-state index in [-0.39, 0.29) is 49.0 Å². The van der Waals surface area contributed by atoms with Gasteiger partial charge in [0.25, 0.3) is 5.91 Å². The highest BCUT2D eigenvalue weighted by Crippen LogP contribution is 2.19. The fourth-order valence-electron chi connectivity index (χ4n) is 4.00. The molecule has 1 aliphatic rings. The summed E-state index contributed by atoms with van der Waals surface area (Å²) in [6.45, 7) is 9.33. The molecule has 216 valence electrons. The Kier molecular flexibility index (Phi) is 13.1. The van der Waals surface area contributed by atoms with Gasteiger partial charge in [-0.2, -0.15) is 0 Å². The molecule has 0 unspecified atom stereocenters. The summed E-state index contributed by atoms with van der Waals surface area (Å²) >= 11 is 0. The van der Waals surface area contributed by atoms with Gasteiger partial charge in [0.05, 0.1) is 18.6 Å². The van der Waals surface area contributed by atoms with Gasteiger partial charge in [0.15, 0.2) is 11.6 Å². The Morgan fingerprint density at radius 1 is 1.21 bits per heavy atom. The van der Waals surface area contributed by atoms with E-state index in [2.05, 4.69) is 15.6 Å². The van der Waals surface area contributed by atoms with Crippen LogP contribution in [0.1, 0.15) is 57.4 Å². The van der Waals surface area contributed by atoms with Gasteiger partial charge in [-0.15, -0.1) is 0 Å². The van der Waals surface area contributed by atoms with Gasteiger partial charge in [0, 0.05) is 26.0 Å². The van der Waals surface area contributed by atoms with Gasteiger partial charge < -0.3 is 34.4 Å². The molecule has 2 amide bonds. The highest BCUT2D eigenvalue weighted by atomic mass is 16.7. The van der Waals surface area contributed by atoms with E-state index >= 15 is 0 Å². The first-order valence-corrected chi connectivity index (χ1v) is 13.1. The SMILES string of the molecule is COCO[C@H]1Cc2nc(co2)C(=O)N[C@H](C)C(=O)O[C@H](C(C)C)[C@H](C)/C=C\C(=O)NC/C=C/C(C)=C/[C@@H](O)C1. The van der Waals surface area contributed by atoms with Crippen LogP contribution in [-0.2, 0) is 30.2 Å². The number of methoxy groups -OCH3 is 1. The summed E-state index contributed by atoms with van der Waals surface area (Å²) in [6.07, 6.45) is 8.10. The van der Waals surface area contributed by atoms with Crippen molar-refractivity contribution in [3.05, 3.63) is 53.8 Å². The fourth-order valence-corrected chi connectivity index (χ4v) is 4.00. The minimum Gasteiger partial charge on any atom is -0.460 e. The molecular formula is C28H41N3O8. The molecule has 39 heavy (non-hydrogen) atoms. The average Bonchev–Trinajstić information content (AvgIpc) is 3.34. The third kappa shape index (κ3) is 11.2. The molecule has 0 saturated heterocycles. The predicted molar refractivity (Wildman–Crippen MR) is 143 cm³/mol. The number of nitrogens with zero attached hydrogens (tertiary/aromatic N) is 1. The molecule has 11 heteroatoms. The number of nitrogens with one attached hydrogen (secondary N) is 2. The van der Waals surface area contributed by atoms with Crippen LogP contribution in [0, 0.1) is 11.8 Å². The van der Waals surface area contributed by atoms with Gasteiger partial charge in [-0.05, 0) is 25.8 Å². The summed E-state index contributed by atoms with van der Waals surface area (Å²) in [7, 11) is 1.49. The molecule has 2 bridgehead atoms.